The molecule has 0 saturated carbocycles. The number of anilines is 2. The Bertz CT molecular complexity index is 626. The van der Waals surface area contributed by atoms with Crippen molar-refractivity contribution in [2.24, 2.45) is 0 Å². The second-order valence-corrected chi connectivity index (χ2v) is 4.78. The highest BCUT2D eigenvalue weighted by molar-refractivity contribution is 5.96. The maximum Gasteiger partial charge on any atom is 0.246 e. The summed E-state index contributed by atoms with van der Waals surface area (Å²) in [5.74, 6) is 1.32. The van der Waals surface area contributed by atoms with E-state index in [1.54, 1.807) is 45.4 Å². The Kier molecular flexibility index (Phi) is 5.25. The maximum atomic E-state index is 12.2. The first-order chi connectivity index (χ1) is 10.6. The first-order valence-electron chi connectivity index (χ1n) is 6.98. The van der Waals surface area contributed by atoms with Crippen molar-refractivity contribution in [1.29, 1.82) is 0 Å². The molecule has 0 saturated heterocycles. The molecular formula is C17H20N2O3. The van der Waals surface area contributed by atoms with E-state index in [-0.39, 0.29) is 5.91 Å². The monoisotopic (exact) mass is 300 g/mol. The Morgan fingerprint density at radius 1 is 1.00 bits per heavy atom. The summed E-state index contributed by atoms with van der Waals surface area (Å²) in [5, 5.41) is 6.00. The molecule has 0 radical (unpaired) electrons. The summed E-state index contributed by atoms with van der Waals surface area (Å²) in [6, 6.07) is 14.3. The number of carbonyl (C=O) groups is 1. The van der Waals surface area contributed by atoms with Gasteiger partial charge in [0.1, 0.15) is 17.5 Å². The minimum atomic E-state index is -0.404. The predicted molar refractivity (Wildman–Crippen MR) is 87.7 cm³/mol. The lowest BCUT2D eigenvalue weighted by Crippen LogP contribution is -2.31. The molecule has 5 heteroatoms. The zero-order chi connectivity index (χ0) is 15.9. The Morgan fingerprint density at radius 3 is 2.32 bits per heavy atom. The fraction of sp³-hybridized carbons (Fsp3) is 0.235. The van der Waals surface area contributed by atoms with E-state index in [2.05, 4.69) is 10.6 Å². The molecular weight excluding hydrogens is 280 g/mol. The molecule has 0 aromatic heterocycles. The van der Waals surface area contributed by atoms with Crippen LogP contribution in [0.3, 0.4) is 0 Å². The summed E-state index contributed by atoms with van der Waals surface area (Å²) < 4.78 is 10.3. The summed E-state index contributed by atoms with van der Waals surface area (Å²) >= 11 is 0. The third-order valence-corrected chi connectivity index (χ3v) is 3.23. The van der Waals surface area contributed by atoms with Crippen LogP contribution in [-0.4, -0.2) is 26.2 Å². The number of benzene rings is 2. The number of hydrogen-bond donors (Lipinski definition) is 2. The molecule has 1 amide bonds. The van der Waals surface area contributed by atoms with Crippen molar-refractivity contribution in [3.63, 3.8) is 0 Å². The standard InChI is InChI=1S/C17H20N2O3/c1-12(18-15-6-4-5-7-16(15)22-3)17(20)19-13-8-10-14(21-2)11-9-13/h4-12,18H,1-3H3,(H,19,20)/t12-/m0/s1. The van der Waals surface area contributed by atoms with Crippen LogP contribution in [0, 0.1) is 0 Å². The zero-order valence-electron chi connectivity index (χ0n) is 12.9. The molecule has 0 bridgehead atoms. The van der Waals surface area contributed by atoms with Gasteiger partial charge < -0.3 is 20.1 Å². The fourth-order valence-corrected chi connectivity index (χ4v) is 1.99. The molecule has 0 spiro atoms. The van der Waals surface area contributed by atoms with Crippen LogP contribution < -0.4 is 20.1 Å². The number of amides is 1. The molecule has 2 N–H and O–H groups in total. The van der Waals surface area contributed by atoms with Gasteiger partial charge in [-0.1, -0.05) is 12.1 Å². The van der Waals surface area contributed by atoms with E-state index in [9.17, 15) is 4.79 Å². The van der Waals surface area contributed by atoms with Crippen LogP contribution >= 0.6 is 0 Å². The van der Waals surface area contributed by atoms with E-state index in [1.807, 2.05) is 24.3 Å². The van der Waals surface area contributed by atoms with E-state index < -0.39 is 6.04 Å². The van der Waals surface area contributed by atoms with Crippen molar-refractivity contribution in [3.8, 4) is 11.5 Å². The number of nitrogens with one attached hydrogen (secondary N) is 2. The van der Waals surface area contributed by atoms with Crippen LogP contribution in [0.1, 0.15) is 6.92 Å². The van der Waals surface area contributed by atoms with E-state index in [0.717, 1.165) is 17.1 Å². The quantitative estimate of drug-likeness (QED) is 0.860. The van der Waals surface area contributed by atoms with Crippen molar-refractivity contribution in [2.45, 2.75) is 13.0 Å². The first kappa shape index (κ1) is 15.7. The molecule has 2 aromatic carbocycles. The van der Waals surface area contributed by atoms with Crippen molar-refractivity contribution < 1.29 is 14.3 Å². The Balaban J connectivity index is 1.99. The van der Waals surface area contributed by atoms with Gasteiger partial charge in [-0.15, -0.1) is 0 Å². The smallest absolute Gasteiger partial charge is 0.246 e. The molecule has 0 aliphatic heterocycles. The third kappa shape index (κ3) is 3.91. The van der Waals surface area contributed by atoms with Gasteiger partial charge in [-0.25, -0.2) is 0 Å². The van der Waals surface area contributed by atoms with E-state index in [1.165, 1.54) is 0 Å². The highest BCUT2D eigenvalue weighted by atomic mass is 16.5. The highest BCUT2D eigenvalue weighted by Gasteiger charge is 2.14. The van der Waals surface area contributed by atoms with Gasteiger partial charge in [-0.05, 0) is 43.3 Å². The highest BCUT2D eigenvalue weighted by Crippen LogP contribution is 2.24. The van der Waals surface area contributed by atoms with Crippen molar-refractivity contribution in [2.75, 3.05) is 24.9 Å². The number of methoxy groups -OCH3 is 2. The first-order valence-corrected chi connectivity index (χ1v) is 6.98. The summed E-state index contributed by atoms with van der Waals surface area (Å²) in [5.41, 5.74) is 1.50. The minimum absolute atomic E-state index is 0.129. The van der Waals surface area contributed by atoms with Gasteiger partial charge in [0.05, 0.1) is 19.9 Å². The minimum Gasteiger partial charge on any atom is -0.497 e. The lowest BCUT2D eigenvalue weighted by Gasteiger charge is -2.17. The number of ether oxygens (including phenoxy) is 2. The van der Waals surface area contributed by atoms with Crippen LogP contribution in [0.4, 0.5) is 11.4 Å². The third-order valence-electron chi connectivity index (χ3n) is 3.23. The SMILES string of the molecule is COc1ccc(NC(=O)[C@H](C)Nc2ccccc2OC)cc1. The molecule has 0 fully saturated rings. The Hall–Kier alpha value is -2.69. The van der Waals surface area contributed by atoms with Gasteiger partial charge in [0.25, 0.3) is 0 Å². The molecule has 1 atom stereocenters. The van der Waals surface area contributed by atoms with E-state index in [0.29, 0.717) is 5.75 Å². The molecule has 2 aromatic rings. The summed E-state index contributed by atoms with van der Waals surface area (Å²) in [6.45, 7) is 1.80. The summed E-state index contributed by atoms with van der Waals surface area (Å²) in [4.78, 5) is 12.2. The van der Waals surface area contributed by atoms with Crippen LogP contribution in [0.5, 0.6) is 11.5 Å². The van der Waals surface area contributed by atoms with Crippen LogP contribution in [0.15, 0.2) is 48.5 Å². The van der Waals surface area contributed by atoms with Crippen LogP contribution in [0.25, 0.3) is 0 Å². The number of rotatable bonds is 6. The van der Waals surface area contributed by atoms with Crippen LogP contribution in [-0.2, 0) is 4.79 Å². The number of carbonyl (C=O) groups excluding carboxylic acids is 1. The summed E-state index contributed by atoms with van der Waals surface area (Å²) in [6.07, 6.45) is 0. The maximum absolute atomic E-state index is 12.2. The molecule has 5 nitrogen and oxygen atoms in total. The number of para-hydroxylation sites is 2. The van der Waals surface area contributed by atoms with Gasteiger partial charge in [0.15, 0.2) is 0 Å². The Labute approximate surface area is 130 Å². The van der Waals surface area contributed by atoms with Gasteiger partial charge in [0, 0.05) is 5.69 Å². The average Bonchev–Trinajstić information content (AvgIpc) is 2.56. The van der Waals surface area contributed by atoms with Crippen molar-refractivity contribution >= 4 is 17.3 Å². The normalized spacial score (nSPS) is 11.4. The topological polar surface area (TPSA) is 59.6 Å². The van der Waals surface area contributed by atoms with E-state index in [4.69, 9.17) is 9.47 Å². The lowest BCUT2D eigenvalue weighted by molar-refractivity contribution is -0.116. The van der Waals surface area contributed by atoms with Crippen molar-refractivity contribution in [3.05, 3.63) is 48.5 Å². The van der Waals surface area contributed by atoms with Gasteiger partial charge in [0.2, 0.25) is 5.91 Å². The molecule has 2 rings (SSSR count). The molecule has 0 heterocycles. The Morgan fingerprint density at radius 2 is 1.68 bits per heavy atom. The number of hydrogen-bond acceptors (Lipinski definition) is 4. The molecule has 0 unspecified atom stereocenters. The molecule has 0 aliphatic carbocycles. The second-order valence-electron chi connectivity index (χ2n) is 4.78. The van der Waals surface area contributed by atoms with Gasteiger partial charge in [-0.2, -0.15) is 0 Å². The second kappa shape index (κ2) is 7.36. The molecule has 0 aliphatic rings. The average molecular weight is 300 g/mol. The predicted octanol–water partition coefficient (Wildman–Crippen LogP) is 3.14. The zero-order valence-corrected chi connectivity index (χ0v) is 12.9. The summed E-state index contributed by atoms with van der Waals surface area (Å²) in [7, 11) is 3.20. The van der Waals surface area contributed by atoms with Crippen LogP contribution in [0.2, 0.25) is 0 Å². The lowest BCUT2D eigenvalue weighted by atomic mass is 10.2. The largest absolute Gasteiger partial charge is 0.497 e. The van der Waals surface area contributed by atoms with Crippen molar-refractivity contribution in [1.82, 2.24) is 0 Å². The molecule has 116 valence electrons. The van der Waals surface area contributed by atoms with Gasteiger partial charge in [-0.3, -0.25) is 4.79 Å². The van der Waals surface area contributed by atoms with Gasteiger partial charge >= 0.3 is 0 Å². The fourth-order valence-electron chi connectivity index (χ4n) is 1.99. The van der Waals surface area contributed by atoms with E-state index >= 15 is 0 Å². The molecule has 22 heavy (non-hydrogen) atoms.